The van der Waals surface area contributed by atoms with Crippen molar-refractivity contribution >= 4 is 22.0 Å². The average Bonchev–Trinajstić information content (AvgIpc) is 3.59. The van der Waals surface area contributed by atoms with Crippen LogP contribution in [0.3, 0.4) is 0 Å². The third-order valence-electron chi connectivity index (χ3n) is 5.79. The van der Waals surface area contributed by atoms with Gasteiger partial charge in [0.1, 0.15) is 0 Å². The van der Waals surface area contributed by atoms with E-state index in [9.17, 15) is 17.6 Å². The highest BCUT2D eigenvalue weighted by Crippen LogP contribution is 2.40. The van der Waals surface area contributed by atoms with Crippen LogP contribution in [0, 0.1) is 11.9 Å². The van der Waals surface area contributed by atoms with E-state index < -0.39 is 18.5 Å². The molecule has 0 radical (unpaired) electrons. The van der Waals surface area contributed by atoms with Crippen molar-refractivity contribution in [2.75, 3.05) is 6.61 Å². The van der Waals surface area contributed by atoms with E-state index in [2.05, 4.69) is 15.2 Å². The number of fused-ring (bicyclic) bond motifs is 1. The van der Waals surface area contributed by atoms with Crippen LogP contribution in [-0.4, -0.2) is 28.0 Å². The molecule has 5 rings (SSSR count). The highest BCUT2D eigenvalue weighted by atomic mass is 19.4. The Balaban J connectivity index is 1.68. The van der Waals surface area contributed by atoms with Gasteiger partial charge in [-0.3, -0.25) is 5.10 Å². The molecule has 0 amide bonds. The van der Waals surface area contributed by atoms with Crippen LogP contribution in [-0.2, 0) is 0 Å². The number of nitrogens with one attached hydrogen (secondary N) is 1. The molecule has 1 fully saturated rings. The van der Waals surface area contributed by atoms with Crippen LogP contribution >= 0.6 is 0 Å². The molecule has 2 heterocycles. The van der Waals surface area contributed by atoms with Crippen molar-refractivity contribution in [3.05, 3.63) is 89.5 Å². The number of halogens is 4. The molecule has 1 aliphatic carbocycles. The Hall–Kier alpha value is -3.68. The first kappa shape index (κ1) is 22.1. The molecular formula is C26H21F4N3O. The number of nitrogens with zero attached hydrogens (tertiary/aromatic N) is 2. The smallest absolute Gasteiger partial charge is 0.393 e. The van der Waals surface area contributed by atoms with E-state index in [0.717, 1.165) is 12.8 Å². The zero-order valence-electron chi connectivity index (χ0n) is 18.1. The minimum Gasteiger partial charge on any atom is -0.477 e. The summed E-state index contributed by atoms with van der Waals surface area (Å²) in [6.45, 7) is 0.578. The van der Waals surface area contributed by atoms with Crippen molar-refractivity contribution in [3.8, 4) is 5.88 Å². The van der Waals surface area contributed by atoms with Crippen LogP contribution in [0.4, 0.5) is 17.6 Å². The Morgan fingerprint density at radius 2 is 1.74 bits per heavy atom. The summed E-state index contributed by atoms with van der Waals surface area (Å²) in [4.78, 5) is 4.34. The van der Waals surface area contributed by atoms with Gasteiger partial charge in [0.2, 0.25) is 11.8 Å². The van der Waals surface area contributed by atoms with Gasteiger partial charge in [-0.1, -0.05) is 36.4 Å². The van der Waals surface area contributed by atoms with Gasteiger partial charge in [0.05, 0.1) is 23.9 Å². The summed E-state index contributed by atoms with van der Waals surface area (Å²) in [7, 11) is 0. The number of aromatic nitrogens is 3. The molecular weight excluding hydrogens is 446 g/mol. The van der Waals surface area contributed by atoms with Gasteiger partial charge in [0.25, 0.3) is 0 Å². The summed E-state index contributed by atoms with van der Waals surface area (Å²) < 4.78 is 61.2. The highest BCUT2D eigenvalue weighted by molar-refractivity contribution is 6.00. The average molecular weight is 467 g/mol. The number of hydrogen-bond donors (Lipinski definition) is 1. The molecule has 4 aromatic rings. The maximum absolute atomic E-state index is 14.3. The summed E-state index contributed by atoms with van der Waals surface area (Å²) >= 11 is 0. The Morgan fingerprint density at radius 1 is 0.971 bits per heavy atom. The standard InChI is InChI=1S/C26H21F4N3O/c27-25-20-12-18(8-10-22(20)32-33-25)24(19-9-11-23(31-14-19)34-15-16-6-7-16)21(13-26(28,29)30)17-4-2-1-3-5-17/h1-5,8-12,14,16H,6-7,13,15H2,(H,32,33)/b24-21-. The van der Waals surface area contributed by atoms with Crippen LogP contribution in [0.1, 0.15) is 36.0 Å². The topological polar surface area (TPSA) is 50.8 Å². The largest absolute Gasteiger partial charge is 0.477 e. The number of ether oxygens (including phenoxy) is 1. The maximum atomic E-state index is 14.3. The normalized spacial score (nSPS) is 14.8. The molecule has 0 unspecified atom stereocenters. The molecule has 0 saturated heterocycles. The van der Waals surface area contributed by atoms with Gasteiger partial charge in [0.15, 0.2) is 0 Å². The molecule has 0 bridgehead atoms. The lowest BCUT2D eigenvalue weighted by molar-refractivity contribution is -0.122. The van der Waals surface area contributed by atoms with Crippen molar-refractivity contribution in [1.82, 2.24) is 15.2 Å². The molecule has 1 aliphatic rings. The molecule has 8 heteroatoms. The number of benzene rings is 2. The maximum Gasteiger partial charge on any atom is 0.393 e. The first-order valence-electron chi connectivity index (χ1n) is 11.0. The number of aromatic amines is 1. The van der Waals surface area contributed by atoms with E-state index in [1.807, 2.05) is 0 Å². The van der Waals surface area contributed by atoms with Gasteiger partial charge in [-0.2, -0.15) is 22.7 Å². The second-order valence-corrected chi connectivity index (χ2v) is 8.42. The zero-order chi connectivity index (χ0) is 23.7. The minimum absolute atomic E-state index is 0.0739. The van der Waals surface area contributed by atoms with Crippen molar-refractivity contribution < 1.29 is 22.3 Å². The number of alkyl halides is 3. The molecule has 174 valence electrons. The van der Waals surface area contributed by atoms with Gasteiger partial charge >= 0.3 is 6.18 Å². The lowest BCUT2D eigenvalue weighted by Crippen LogP contribution is -2.10. The Kier molecular flexibility index (Phi) is 5.81. The summed E-state index contributed by atoms with van der Waals surface area (Å²) in [5.74, 6) is 0.323. The number of allylic oxidation sites excluding steroid dienone is 1. The predicted octanol–water partition coefficient (Wildman–Crippen LogP) is 6.80. The van der Waals surface area contributed by atoms with Gasteiger partial charge in [-0.15, -0.1) is 0 Å². The summed E-state index contributed by atoms with van der Waals surface area (Å²) in [6, 6.07) is 16.5. The van der Waals surface area contributed by atoms with E-state index >= 15 is 0 Å². The zero-order valence-corrected chi connectivity index (χ0v) is 18.1. The summed E-state index contributed by atoms with van der Waals surface area (Å²) in [5, 5.41) is 6.36. The van der Waals surface area contributed by atoms with Crippen LogP contribution in [0.2, 0.25) is 0 Å². The Bertz CT molecular complexity index is 1320. The molecule has 0 aliphatic heterocycles. The molecule has 4 nitrogen and oxygen atoms in total. The van der Waals surface area contributed by atoms with Crippen LogP contribution in [0.15, 0.2) is 66.9 Å². The number of hydrogen-bond acceptors (Lipinski definition) is 3. The molecule has 2 aromatic heterocycles. The number of pyridine rings is 1. The van der Waals surface area contributed by atoms with Crippen molar-refractivity contribution in [1.29, 1.82) is 0 Å². The first-order chi connectivity index (χ1) is 16.4. The highest BCUT2D eigenvalue weighted by Gasteiger charge is 2.32. The van der Waals surface area contributed by atoms with Gasteiger partial charge in [0, 0.05) is 17.8 Å². The number of rotatable bonds is 7. The third kappa shape index (κ3) is 4.95. The van der Waals surface area contributed by atoms with Crippen LogP contribution < -0.4 is 4.74 Å². The van der Waals surface area contributed by atoms with Crippen LogP contribution in [0.25, 0.3) is 22.0 Å². The third-order valence-corrected chi connectivity index (χ3v) is 5.79. The second kappa shape index (κ2) is 8.93. The van der Waals surface area contributed by atoms with E-state index in [1.165, 1.54) is 12.3 Å². The van der Waals surface area contributed by atoms with Crippen molar-refractivity contribution in [3.63, 3.8) is 0 Å². The fourth-order valence-electron chi connectivity index (χ4n) is 3.93. The first-order valence-corrected chi connectivity index (χ1v) is 11.0. The SMILES string of the molecule is Fc1[nH]nc2ccc(/C(=C(\CC(F)(F)F)c3ccccc3)c3ccc(OCC4CC4)nc3)cc12. The fourth-order valence-corrected chi connectivity index (χ4v) is 3.93. The predicted molar refractivity (Wildman–Crippen MR) is 122 cm³/mol. The van der Waals surface area contributed by atoms with Gasteiger partial charge in [-0.25, -0.2) is 4.98 Å². The van der Waals surface area contributed by atoms with E-state index in [4.69, 9.17) is 4.74 Å². The molecule has 1 N–H and O–H groups in total. The molecule has 0 atom stereocenters. The van der Waals surface area contributed by atoms with E-state index in [0.29, 0.717) is 46.2 Å². The lowest BCUT2D eigenvalue weighted by Gasteiger charge is -2.19. The summed E-state index contributed by atoms with van der Waals surface area (Å²) in [6.07, 6.45) is -1.83. The quantitative estimate of drug-likeness (QED) is 0.240. The Morgan fingerprint density at radius 3 is 2.41 bits per heavy atom. The summed E-state index contributed by atoms with van der Waals surface area (Å²) in [5.41, 5.74) is 2.13. The number of H-pyrrole nitrogens is 1. The van der Waals surface area contributed by atoms with Crippen molar-refractivity contribution in [2.24, 2.45) is 5.92 Å². The van der Waals surface area contributed by atoms with Crippen molar-refractivity contribution in [2.45, 2.75) is 25.4 Å². The molecule has 0 spiro atoms. The monoisotopic (exact) mass is 467 g/mol. The lowest BCUT2D eigenvalue weighted by atomic mass is 9.88. The van der Waals surface area contributed by atoms with Gasteiger partial charge < -0.3 is 4.74 Å². The Labute approximate surface area is 193 Å². The molecule has 34 heavy (non-hydrogen) atoms. The van der Waals surface area contributed by atoms with Gasteiger partial charge in [-0.05, 0) is 59.2 Å². The molecule has 2 aromatic carbocycles. The molecule has 1 saturated carbocycles. The van der Waals surface area contributed by atoms with Crippen LogP contribution in [0.5, 0.6) is 5.88 Å². The second-order valence-electron chi connectivity index (χ2n) is 8.42. The fraction of sp³-hybridized carbons (Fsp3) is 0.231. The van der Waals surface area contributed by atoms with E-state index in [-0.39, 0.29) is 11.0 Å². The van der Waals surface area contributed by atoms with E-state index in [1.54, 1.807) is 54.6 Å². The minimum atomic E-state index is -4.46.